The summed E-state index contributed by atoms with van der Waals surface area (Å²) in [5, 5.41) is 7.97. The molecule has 0 aliphatic carbocycles. The van der Waals surface area contributed by atoms with Gasteiger partial charge in [-0.2, -0.15) is 5.10 Å². The predicted octanol–water partition coefficient (Wildman–Crippen LogP) is 1.87. The molecule has 1 N–H and O–H groups in total. The van der Waals surface area contributed by atoms with Crippen LogP contribution < -0.4 is 5.32 Å². The molecule has 0 aromatic carbocycles. The lowest BCUT2D eigenvalue weighted by atomic mass is 10.0. The summed E-state index contributed by atoms with van der Waals surface area (Å²) in [4.78, 5) is 2.51. The van der Waals surface area contributed by atoms with Crippen LogP contribution in [0.5, 0.6) is 0 Å². The Kier molecular flexibility index (Phi) is 5.20. The van der Waals surface area contributed by atoms with Crippen LogP contribution in [-0.4, -0.2) is 40.4 Å². The summed E-state index contributed by atoms with van der Waals surface area (Å²) in [5.41, 5.74) is 1.33. The summed E-state index contributed by atoms with van der Waals surface area (Å²) in [7, 11) is 0. The summed E-state index contributed by atoms with van der Waals surface area (Å²) in [6.07, 6.45) is 8.21. The van der Waals surface area contributed by atoms with Gasteiger partial charge in [0.1, 0.15) is 0 Å². The first kappa shape index (κ1) is 13.6. The Morgan fingerprint density at radius 3 is 2.94 bits per heavy atom. The van der Waals surface area contributed by atoms with Crippen molar-refractivity contribution in [2.75, 3.05) is 19.6 Å². The largest absolute Gasteiger partial charge is 0.313 e. The highest BCUT2D eigenvalue weighted by Crippen LogP contribution is 2.10. The molecule has 1 aliphatic rings. The van der Waals surface area contributed by atoms with Crippen LogP contribution in [0, 0.1) is 0 Å². The van der Waals surface area contributed by atoms with Crippen LogP contribution in [-0.2, 0) is 13.1 Å². The van der Waals surface area contributed by atoms with Crippen LogP contribution in [0.3, 0.4) is 0 Å². The summed E-state index contributed by atoms with van der Waals surface area (Å²) in [6, 6.07) is 0.680. The molecular formula is C14H26N4. The third-order valence-electron chi connectivity index (χ3n) is 3.76. The van der Waals surface area contributed by atoms with E-state index < -0.39 is 0 Å². The van der Waals surface area contributed by atoms with Gasteiger partial charge >= 0.3 is 0 Å². The zero-order valence-electron chi connectivity index (χ0n) is 11.7. The standard InChI is InChI=1S/C14H26N4/c1-3-17(12-14-7-5-6-8-15-14)10-13-9-16-18(4-2)11-13/h9,11,14-15H,3-8,10,12H2,1-2H3/t14-/m1/s1. The number of aromatic nitrogens is 2. The number of aryl methyl sites for hydroxylation is 1. The number of likely N-dealkylation sites (N-methyl/N-ethyl adjacent to an activating group) is 1. The van der Waals surface area contributed by atoms with E-state index >= 15 is 0 Å². The first-order chi connectivity index (χ1) is 8.81. The van der Waals surface area contributed by atoms with E-state index in [1.807, 2.05) is 10.9 Å². The number of piperidine rings is 1. The van der Waals surface area contributed by atoms with Crippen LogP contribution in [0.2, 0.25) is 0 Å². The van der Waals surface area contributed by atoms with Crippen LogP contribution in [0.4, 0.5) is 0 Å². The van der Waals surface area contributed by atoms with Gasteiger partial charge in [-0.05, 0) is 32.9 Å². The molecule has 2 rings (SSSR count). The summed E-state index contributed by atoms with van der Waals surface area (Å²) >= 11 is 0. The predicted molar refractivity (Wildman–Crippen MR) is 74.5 cm³/mol. The molecule has 0 spiro atoms. The van der Waals surface area contributed by atoms with Crippen molar-refractivity contribution in [1.29, 1.82) is 0 Å². The molecule has 102 valence electrons. The van der Waals surface area contributed by atoms with Crippen molar-refractivity contribution in [3.63, 3.8) is 0 Å². The number of nitrogens with one attached hydrogen (secondary N) is 1. The molecular weight excluding hydrogens is 224 g/mol. The van der Waals surface area contributed by atoms with Gasteiger partial charge in [0, 0.05) is 37.4 Å². The van der Waals surface area contributed by atoms with Gasteiger partial charge in [0.05, 0.1) is 6.20 Å². The summed E-state index contributed by atoms with van der Waals surface area (Å²) in [6.45, 7) is 9.80. The van der Waals surface area contributed by atoms with E-state index in [2.05, 4.69) is 35.4 Å². The minimum atomic E-state index is 0.680. The van der Waals surface area contributed by atoms with Crippen molar-refractivity contribution in [3.8, 4) is 0 Å². The minimum absolute atomic E-state index is 0.680. The van der Waals surface area contributed by atoms with Crippen LogP contribution in [0.1, 0.15) is 38.7 Å². The lowest BCUT2D eigenvalue weighted by Crippen LogP contribution is -2.43. The first-order valence-electron chi connectivity index (χ1n) is 7.29. The SMILES string of the molecule is CCN(Cc1cnn(CC)c1)C[C@H]1CCCCN1. The smallest absolute Gasteiger partial charge is 0.0534 e. The molecule has 1 aliphatic heterocycles. The molecule has 0 radical (unpaired) electrons. The molecule has 0 amide bonds. The van der Waals surface area contributed by atoms with Gasteiger partial charge in [0.15, 0.2) is 0 Å². The van der Waals surface area contributed by atoms with E-state index in [1.165, 1.54) is 31.4 Å². The van der Waals surface area contributed by atoms with E-state index in [4.69, 9.17) is 0 Å². The fraction of sp³-hybridized carbons (Fsp3) is 0.786. The second-order valence-corrected chi connectivity index (χ2v) is 5.18. The Labute approximate surface area is 110 Å². The molecule has 1 atom stereocenters. The molecule has 4 heteroatoms. The van der Waals surface area contributed by atoms with Crippen molar-refractivity contribution >= 4 is 0 Å². The van der Waals surface area contributed by atoms with E-state index in [-0.39, 0.29) is 0 Å². The van der Waals surface area contributed by atoms with E-state index in [0.717, 1.165) is 26.2 Å². The number of hydrogen-bond donors (Lipinski definition) is 1. The lowest BCUT2D eigenvalue weighted by molar-refractivity contribution is 0.226. The van der Waals surface area contributed by atoms with Gasteiger partial charge in [-0.3, -0.25) is 9.58 Å². The third kappa shape index (κ3) is 3.82. The Morgan fingerprint density at radius 2 is 2.33 bits per heavy atom. The van der Waals surface area contributed by atoms with Crippen molar-refractivity contribution in [2.45, 2.75) is 52.2 Å². The molecule has 0 bridgehead atoms. The van der Waals surface area contributed by atoms with Gasteiger partial charge < -0.3 is 5.32 Å². The third-order valence-corrected chi connectivity index (χ3v) is 3.76. The van der Waals surface area contributed by atoms with Gasteiger partial charge in [-0.1, -0.05) is 13.3 Å². The topological polar surface area (TPSA) is 33.1 Å². The maximum atomic E-state index is 4.34. The van der Waals surface area contributed by atoms with Crippen LogP contribution >= 0.6 is 0 Å². The zero-order chi connectivity index (χ0) is 12.8. The quantitative estimate of drug-likeness (QED) is 0.836. The van der Waals surface area contributed by atoms with Gasteiger partial charge in [-0.15, -0.1) is 0 Å². The normalized spacial score (nSPS) is 20.5. The van der Waals surface area contributed by atoms with E-state index in [1.54, 1.807) is 0 Å². The van der Waals surface area contributed by atoms with Gasteiger partial charge in [0.25, 0.3) is 0 Å². The Morgan fingerprint density at radius 1 is 1.44 bits per heavy atom. The van der Waals surface area contributed by atoms with Gasteiger partial charge in [-0.25, -0.2) is 0 Å². The second-order valence-electron chi connectivity index (χ2n) is 5.18. The minimum Gasteiger partial charge on any atom is -0.313 e. The van der Waals surface area contributed by atoms with Crippen LogP contribution in [0.15, 0.2) is 12.4 Å². The number of nitrogens with zero attached hydrogens (tertiary/aromatic N) is 3. The van der Waals surface area contributed by atoms with Crippen molar-refractivity contribution in [1.82, 2.24) is 20.0 Å². The molecule has 2 heterocycles. The Balaban J connectivity index is 1.84. The van der Waals surface area contributed by atoms with E-state index in [9.17, 15) is 0 Å². The van der Waals surface area contributed by atoms with E-state index in [0.29, 0.717) is 6.04 Å². The van der Waals surface area contributed by atoms with Crippen LogP contribution in [0.25, 0.3) is 0 Å². The van der Waals surface area contributed by atoms with Gasteiger partial charge in [0.2, 0.25) is 0 Å². The average molecular weight is 250 g/mol. The van der Waals surface area contributed by atoms with Crippen molar-refractivity contribution in [3.05, 3.63) is 18.0 Å². The maximum Gasteiger partial charge on any atom is 0.0534 e. The average Bonchev–Trinajstić information content (AvgIpc) is 2.87. The molecule has 0 unspecified atom stereocenters. The second kappa shape index (κ2) is 6.90. The summed E-state index contributed by atoms with van der Waals surface area (Å²) in [5.74, 6) is 0. The number of rotatable bonds is 6. The fourth-order valence-corrected chi connectivity index (χ4v) is 2.62. The molecule has 4 nitrogen and oxygen atoms in total. The maximum absolute atomic E-state index is 4.34. The molecule has 0 saturated carbocycles. The van der Waals surface area contributed by atoms with Crippen molar-refractivity contribution < 1.29 is 0 Å². The van der Waals surface area contributed by atoms with Crippen molar-refractivity contribution in [2.24, 2.45) is 0 Å². The zero-order valence-corrected chi connectivity index (χ0v) is 11.7. The Bertz CT molecular complexity index is 341. The number of hydrogen-bond acceptors (Lipinski definition) is 3. The molecule has 18 heavy (non-hydrogen) atoms. The summed E-state index contributed by atoms with van der Waals surface area (Å²) < 4.78 is 2.00. The monoisotopic (exact) mass is 250 g/mol. The molecule has 1 saturated heterocycles. The Hall–Kier alpha value is -0.870. The lowest BCUT2D eigenvalue weighted by Gasteiger charge is -2.29. The highest BCUT2D eigenvalue weighted by atomic mass is 15.3. The molecule has 1 fully saturated rings. The fourth-order valence-electron chi connectivity index (χ4n) is 2.62. The highest BCUT2D eigenvalue weighted by molar-refractivity contribution is 5.03. The molecule has 1 aromatic rings. The molecule has 1 aromatic heterocycles. The first-order valence-corrected chi connectivity index (χ1v) is 7.29. The highest BCUT2D eigenvalue weighted by Gasteiger charge is 2.16.